The van der Waals surface area contributed by atoms with Crippen molar-refractivity contribution in [2.24, 2.45) is 0 Å². The molecule has 1 amide bonds. The number of aryl methyl sites for hydroxylation is 1. The summed E-state index contributed by atoms with van der Waals surface area (Å²) >= 11 is 0. The fourth-order valence-corrected chi connectivity index (χ4v) is 5.53. The van der Waals surface area contributed by atoms with Crippen molar-refractivity contribution in [3.8, 4) is 22.9 Å². The molecule has 1 saturated heterocycles. The molecular weight excluding hydrogens is 510 g/mol. The first-order chi connectivity index (χ1) is 18.2. The average molecular weight is 534 g/mol. The lowest BCUT2D eigenvalue weighted by molar-refractivity contribution is -0.384. The average Bonchev–Trinajstić information content (AvgIpc) is 3.44. The Morgan fingerprint density at radius 3 is 1.89 bits per heavy atom. The minimum absolute atomic E-state index is 0.0231. The molecule has 12 heteroatoms. The van der Waals surface area contributed by atoms with Crippen LogP contribution >= 0.6 is 0 Å². The smallest absolute Gasteiger partial charge is 0.269 e. The van der Waals surface area contributed by atoms with Crippen molar-refractivity contribution in [2.45, 2.75) is 11.8 Å². The molecular formula is C26H23N5O6S. The molecule has 38 heavy (non-hydrogen) atoms. The van der Waals surface area contributed by atoms with Gasteiger partial charge in [0, 0.05) is 55.0 Å². The standard InChI is InChI=1S/C26H23N5O6S/c1-18-2-4-19(5-3-18)24-27-28-25(37-24)20-6-8-21(9-7-20)26(32)29-14-16-30(17-15-29)38(35,36)23-12-10-22(11-13-23)31(33)34/h2-13H,14-17H2,1H3. The van der Waals surface area contributed by atoms with E-state index in [2.05, 4.69) is 10.2 Å². The lowest BCUT2D eigenvalue weighted by Gasteiger charge is -2.34. The van der Waals surface area contributed by atoms with Crippen molar-refractivity contribution in [1.82, 2.24) is 19.4 Å². The van der Waals surface area contributed by atoms with Gasteiger partial charge in [0.25, 0.3) is 11.6 Å². The van der Waals surface area contributed by atoms with Gasteiger partial charge in [-0.05, 0) is 55.5 Å². The molecule has 11 nitrogen and oxygen atoms in total. The molecule has 0 unspecified atom stereocenters. The first-order valence-corrected chi connectivity index (χ1v) is 13.2. The monoisotopic (exact) mass is 533 g/mol. The predicted molar refractivity (Wildman–Crippen MR) is 138 cm³/mol. The van der Waals surface area contributed by atoms with Gasteiger partial charge in [0.1, 0.15) is 0 Å². The van der Waals surface area contributed by atoms with Gasteiger partial charge < -0.3 is 9.32 Å². The van der Waals surface area contributed by atoms with Crippen LogP contribution in [-0.4, -0.2) is 64.8 Å². The van der Waals surface area contributed by atoms with Crippen LogP contribution in [0, 0.1) is 17.0 Å². The van der Waals surface area contributed by atoms with Crippen LogP contribution in [-0.2, 0) is 10.0 Å². The predicted octanol–water partition coefficient (Wildman–Crippen LogP) is 3.77. The molecule has 1 aliphatic heterocycles. The summed E-state index contributed by atoms with van der Waals surface area (Å²) in [5, 5.41) is 19.1. The van der Waals surface area contributed by atoms with E-state index in [1.165, 1.54) is 16.4 Å². The fourth-order valence-electron chi connectivity index (χ4n) is 4.11. The maximum absolute atomic E-state index is 13.0. The number of piperazine rings is 1. The molecule has 1 fully saturated rings. The van der Waals surface area contributed by atoms with Crippen LogP contribution in [0.3, 0.4) is 0 Å². The van der Waals surface area contributed by atoms with E-state index >= 15 is 0 Å². The summed E-state index contributed by atoms with van der Waals surface area (Å²) in [6.45, 7) is 2.67. The summed E-state index contributed by atoms with van der Waals surface area (Å²) < 4.78 is 32.9. The molecule has 1 aliphatic rings. The van der Waals surface area contributed by atoms with Crippen LogP contribution in [0.4, 0.5) is 5.69 Å². The molecule has 0 N–H and O–H groups in total. The van der Waals surface area contributed by atoms with E-state index in [4.69, 9.17) is 4.42 Å². The van der Waals surface area contributed by atoms with Crippen molar-refractivity contribution in [1.29, 1.82) is 0 Å². The van der Waals surface area contributed by atoms with Crippen LogP contribution in [0.25, 0.3) is 22.9 Å². The summed E-state index contributed by atoms with van der Waals surface area (Å²) in [4.78, 5) is 24.9. The van der Waals surface area contributed by atoms with E-state index in [9.17, 15) is 23.3 Å². The molecule has 2 heterocycles. The van der Waals surface area contributed by atoms with Gasteiger partial charge in [0.15, 0.2) is 0 Å². The number of nitrogens with zero attached hydrogens (tertiary/aromatic N) is 5. The highest BCUT2D eigenvalue weighted by atomic mass is 32.2. The topological polar surface area (TPSA) is 140 Å². The lowest BCUT2D eigenvalue weighted by atomic mass is 10.1. The number of amides is 1. The van der Waals surface area contributed by atoms with E-state index in [-0.39, 0.29) is 42.7 Å². The molecule has 1 aromatic heterocycles. The molecule has 5 rings (SSSR count). The number of non-ortho nitro benzene ring substituents is 1. The molecule has 0 saturated carbocycles. The van der Waals surface area contributed by atoms with Gasteiger partial charge in [0.2, 0.25) is 21.8 Å². The van der Waals surface area contributed by atoms with Gasteiger partial charge in [-0.2, -0.15) is 4.31 Å². The third-order valence-corrected chi connectivity index (χ3v) is 8.23. The first kappa shape index (κ1) is 25.2. The SMILES string of the molecule is Cc1ccc(-c2nnc(-c3ccc(C(=O)N4CCN(S(=O)(=O)c5ccc([N+](=O)[O-])cc5)CC4)cc3)o2)cc1. The Hall–Kier alpha value is -4.42. The normalized spacial score (nSPS) is 14.4. The van der Waals surface area contributed by atoms with E-state index in [1.807, 2.05) is 31.2 Å². The highest BCUT2D eigenvalue weighted by molar-refractivity contribution is 7.89. The van der Waals surface area contributed by atoms with Crippen molar-refractivity contribution in [2.75, 3.05) is 26.2 Å². The van der Waals surface area contributed by atoms with Crippen molar-refractivity contribution in [3.05, 3.63) is 94.0 Å². The Kier molecular flexibility index (Phi) is 6.74. The van der Waals surface area contributed by atoms with Crippen molar-refractivity contribution >= 4 is 21.6 Å². The van der Waals surface area contributed by atoms with Gasteiger partial charge in [-0.15, -0.1) is 10.2 Å². The number of nitro benzene ring substituents is 1. The van der Waals surface area contributed by atoms with Gasteiger partial charge in [-0.1, -0.05) is 17.7 Å². The zero-order valence-corrected chi connectivity index (χ0v) is 21.2. The van der Waals surface area contributed by atoms with Gasteiger partial charge in [-0.3, -0.25) is 14.9 Å². The minimum Gasteiger partial charge on any atom is -0.416 e. The van der Waals surface area contributed by atoms with Crippen LogP contribution < -0.4 is 0 Å². The maximum atomic E-state index is 13.0. The summed E-state index contributed by atoms with van der Waals surface area (Å²) in [5.41, 5.74) is 2.89. The summed E-state index contributed by atoms with van der Waals surface area (Å²) in [6, 6.07) is 19.3. The molecule has 4 aromatic rings. The molecule has 0 spiro atoms. The Bertz CT molecular complexity index is 1570. The minimum atomic E-state index is -3.83. The molecule has 0 atom stereocenters. The molecule has 0 bridgehead atoms. The van der Waals surface area contributed by atoms with E-state index < -0.39 is 14.9 Å². The Morgan fingerprint density at radius 2 is 1.37 bits per heavy atom. The summed E-state index contributed by atoms with van der Waals surface area (Å²) in [5.74, 6) is 0.529. The number of benzene rings is 3. The highest BCUT2D eigenvalue weighted by Gasteiger charge is 2.30. The number of sulfonamides is 1. The lowest BCUT2D eigenvalue weighted by Crippen LogP contribution is -2.50. The van der Waals surface area contributed by atoms with Crippen LogP contribution in [0.15, 0.2) is 82.1 Å². The van der Waals surface area contributed by atoms with Crippen LogP contribution in [0.1, 0.15) is 15.9 Å². The second kappa shape index (κ2) is 10.1. The third-order valence-electron chi connectivity index (χ3n) is 6.31. The quantitative estimate of drug-likeness (QED) is 0.270. The van der Waals surface area contributed by atoms with Crippen LogP contribution in [0.2, 0.25) is 0 Å². The number of hydrogen-bond donors (Lipinski definition) is 0. The number of hydrogen-bond acceptors (Lipinski definition) is 8. The van der Waals surface area contributed by atoms with Crippen LogP contribution in [0.5, 0.6) is 0 Å². The Labute approximate surface area is 218 Å². The first-order valence-electron chi connectivity index (χ1n) is 11.8. The molecule has 3 aromatic carbocycles. The zero-order valence-electron chi connectivity index (χ0n) is 20.4. The Balaban J connectivity index is 1.22. The number of aromatic nitrogens is 2. The Morgan fingerprint density at radius 1 is 0.842 bits per heavy atom. The number of carbonyl (C=O) groups is 1. The van der Waals surface area contributed by atoms with Crippen molar-refractivity contribution < 1.29 is 22.6 Å². The second-order valence-corrected chi connectivity index (χ2v) is 10.7. The van der Waals surface area contributed by atoms with Gasteiger partial charge in [0.05, 0.1) is 9.82 Å². The van der Waals surface area contributed by atoms with E-state index in [1.54, 1.807) is 29.2 Å². The van der Waals surface area contributed by atoms with E-state index in [0.29, 0.717) is 22.9 Å². The summed E-state index contributed by atoms with van der Waals surface area (Å²) in [7, 11) is -3.83. The highest BCUT2D eigenvalue weighted by Crippen LogP contribution is 2.25. The van der Waals surface area contributed by atoms with Gasteiger partial charge >= 0.3 is 0 Å². The number of rotatable bonds is 6. The fraction of sp³-hybridized carbons (Fsp3) is 0.192. The summed E-state index contributed by atoms with van der Waals surface area (Å²) in [6.07, 6.45) is 0. The molecule has 0 radical (unpaired) electrons. The van der Waals surface area contributed by atoms with Crippen molar-refractivity contribution in [3.63, 3.8) is 0 Å². The number of nitro groups is 1. The third kappa shape index (κ3) is 5.04. The molecule has 0 aliphatic carbocycles. The molecule has 194 valence electrons. The van der Waals surface area contributed by atoms with Gasteiger partial charge in [-0.25, -0.2) is 8.42 Å². The number of carbonyl (C=O) groups excluding carboxylic acids is 1. The maximum Gasteiger partial charge on any atom is 0.269 e. The largest absolute Gasteiger partial charge is 0.416 e. The van der Waals surface area contributed by atoms with E-state index in [0.717, 1.165) is 23.3 Å². The zero-order chi connectivity index (χ0) is 26.9. The second-order valence-electron chi connectivity index (χ2n) is 8.80.